The number of rotatable bonds is 14. The van der Waals surface area contributed by atoms with E-state index in [9.17, 15) is 28.8 Å². The standard InChI is InChI=1S/C28H43N5O8/c1-16(2)22(25(37)30-14-20(29)34)32-24(36)19(13-21(35)41-28(5,6)7)31-26(38)23(17(3)4)33-27(39)40-15-18-11-9-8-10-12-18/h8-12,16-17,19,22-23H,13-15H2,1-7H3,(H2,29,34)(H,30,37)(H,31,38)(H,32,36)(H,33,39)/t19-,22-,23-/m0/s1. The molecule has 0 spiro atoms. The molecule has 228 valence electrons. The van der Waals surface area contributed by atoms with Crippen LogP contribution in [0.4, 0.5) is 4.79 Å². The van der Waals surface area contributed by atoms with Crippen molar-refractivity contribution in [1.29, 1.82) is 0 Å². The summed E-state index contributed by atoms with van der Waals surface area (Å²) in [6.45, 7) is 11.2. The van der Waals surface area contributed by atoms with Crippen molar-refractivity contribution in [2.24, 2.45) is 17.6 Å². The van der Waals surface area contributed by atoms with Gasteiger partial charge in [0.2, 0.25) is 23.6 Å². The van der Waals surface area contributed by atoms with Crippen molar-refractivity contribution >= 4 is 35.7 Å². The number of hydrogen-bond acceptors (Lipinski definition) is 8. The van der Waals surface area contributed by atoms with Crippen molar-refractivity contribution in [3.63, 3.8) is 0 Å². The van der Waals surface area contributed by atoms with Crippen molar-refractivity contribution < 1.29 is 38.2 Å². The summed E-state index contributed by atoms with van der Waals surface area (Å²) in [4.78, 5) is 75.3. The van der Waals surface area contributed by atoms with Crippen LogP contribution in [-0.2, 0) is 40.1 Å². The highest BCUT2D eigenvalue weighted by Crippen LogP contribution is 2.12. The van der Waals surface area contributed by atoms with Crippen molar-refractivity contribution in [3.05, 3.63) is 35.9 Å². The minimum Gasteiger partial charge on any atom is -0.460 e. The summed E-state index contributed by atoms with van der Waals surface area (Å²) < 4.78 is 10.5. The maximum absolute atomic E-state index is 13.3. The monoisotopic (exact) mass is 577 g/mol. The summed E-state index contributed by atoms with van der Waals surface area (Å²) >= 11 is 0. The molecule has 0 saturated heterocycles. The molecule has 0 bridgehead atoms. The number of primary amides is 1. The summed E-state index contributed by atoms with van der Waals surface area (Å²) in [5.74, 6) is -4.64. The molecule has 0 radical (unpaired) electrons. The first-order chi connectivity index (χ1) is 19.0. The molecule has 6 N–H and O–H groups in total. The molecule has 0 aromatic heterocycles. The molecule has 0 heterocycles. The number of esters is 1. The number of ether oxygens (including phenoxy) is 2. The lowest BCUT2D eigenvalue weighted by Crippen LogP contribution is -2.59. The van der Waals surface area contributed by atoms with Crippen LogP contribution in [0, 0.1) is 11.8 Å². The van der Waals surface area contributed by atoms with Gasteiger partial charge in [-0.2, -0.15) is 0 Å². The Bertz CT molecular complexity index is 1070. The van der Waals surface area contributed by atoms with Crippen LogP contribution in [0.5, 0.6) is 0 Å². The first-order valence-electron chi connectivity index (χ1n) is 13.4. The third kappa shape index (κ3) is 13.6. The van der Waals surface area contributed by atoms with E-state index >= 15 is 0 Å². The number of hydrogen-bond donors (Lipinski definition) is 5. The molecule has 0 aliphatic heterocycles. The van der Waals surface area contributed by atoms with Gasteiger partial charge in [-0.25, -0.2) is 4.79 Å². The topological polar surface area (TPSA) is 195 Å². The van der Waals surface area contributed by atoms with E-state index in [4.69, 9.17) is 15.2 Å². The molecule has 1 aromatic rings. The highest BCUT2D eigenvalue weighted by molar-refractivity contribution is 5.96. The normalized spacial score (nSPS) is 13.4. The van der Waals surface area contributed by atoms with Gasteiger partial charge in [0.15, 0.2) is 0 Å². The molecule has 0 aliphatic rings. The molecule has 5 amide bonds. The number of carbonyl (C=O) groups is 6. The number of alkyl carbamates (subject to hydrolysis) is 1. The summed E-state index contributed by atoms with van der Waals surface area (Å²) in [5.41, 5.74) is 4.98. The Morgan fingerprint density at radius 3 is 1.88 bits per heavy atom. The van der Waals surface area contributed by atoms with Crippen LogP contribution < -0.4 is 27.0 Å². The highest BCUT2D eigenvalue weighted by atomic mass is 16.6. The highest BCUT2D eigenvalue weighted by Gasteiger charge is 2.34. The van der Waals surface area contributed by atoms with E-state index in [1.54, 1.807) is 72.7 Å². The fourth-order valence-corrected chi connectivity index (χ4v) is 3.52. The summed E-state index contributed by atoms with van der Waals surface area (Å²) in [6, 6.07) is 5.29. The second kappa shape index (κ2) is 16.2. The second-order valence-electron chi connectivity index (χ2n) is 11.2. The molecular weight excluding hydrogens is 534 g/mol. The van der Waals surface area contributed by atoms with Crippen LogP contribution in [-0.4, -0.2) is 66.0 Å². The largest absolute Gasteiger partial charge is 0.460 e. The van der Waals surface area contributed by atoms with E-state index in [-0.39, 0.29) is 6.61 Å². The van der Waals surface area contributed by atoms with Crippen LogP contribution in [0.1, 0.15) is 60.5 Å². The van der Waals surface area contributed by atoms with E-state index in [0.29, 0.717) is 0 Å². The van der Waals surface area contributed by atoms with Gasteiger partial charge < -0.3 is 36.5 Å². The van der Waals surface area contributed by atoms with Gasteiger partial charge in [-0.1, -0.05) is 58.0 Å². The lowest BCUT2D eigenvalue weighted by atomic mass is 10.0. The molecule has 0 aliphatic carbocycles. The first kappa shape index (κ1) is 34.9. The van der Waals surface area contributed by atoms with Crippen molar-refractivity contribution in [3.8, 4) is 0 Å². The molecule has 41 heavy (non-hydrogen) atoms. The second-order valence-corrected chi connectivity index (χ2v) is 11.2. The molecule has 3 atom stereocenters. The van der Waals surface area contributed by atoms with Crippen LogP contribution in [0.25, 0.3) is 0 Å². The minimum absolute atomic E-state index is 0.0167. The quantitative estimate of drug-likeness (QED) is 0.201. The van der Waals surface area contributed by atoms with Gasteiger partial charge in [0, 0.05) is 0 Å². The molecule has 0 fully saturated rings. The molecule has 0 unspecified atom stereocenters. The van der Waals surface area contributed by atoms with Crippen LogP contribution >= 0.6 is 0 Å². The third-order valence-corrected chi connectivity index (χ3v) is 5.54. The van der Waals surface area contributed by atoms with E-state index < -0.39 is 84.2 Å². The summed E-state index contributed by atoms with van der Waals surface area (Å²) in [6.07, 6.45) is -1.40. The molecular formula is C28H43N5O8. The zero-order chi connectivity index (χ0) is 31.3. The van der Waals surface area contributed by atoms with Gasteiger partial charge in [0.05, 0.1) is 13.0 Å². The number of carbonyl (C=O) groups excluding carboxylic acids is 6. The zero-order valence-electron chi connectivity index (χ0n) is 24.7. The Hall–Kier alpha value is -4.16. The lowest BCUT2D eigenvalue weighted by molar-refractivity contribution is -0.156. The first-order valence-corrected chi connectivity index (χ1v) is 13.4. The Labute approximate surface area is 240 Å². The fraction of sp³-hybridized carbons (Fsp3) is 0.571. The Morgan fingerprint density at radius 2 is 1.37 bits per heavy atom. The molecule has 13 heteroatoms. The molecule has 1 rings (SSSR count). The summed E-state index contributed by atoms with van der Waals surface area (Å²) in [7, 11) is 0. The van der Waals surface area contributed by atoms with Crippen molar-refractivity contribution in [2.75, 3.05) is 6.54 Å². The van der Waals surface area contributed by atoms with Gasteiger partial charge in [-0.05, 0) is 38.2 Å². The van der Waals surface area contributed by atoms with Gasteiger partial charge in [0.1, 0.15) is 30.3 Å². The van der Waals surface area contributed by atoms with E-state index in [1.165, 1.54) is 0 Å². The number of amides is 5. The van der Waals surface area contributed by atoms with Gasteiger partial charge in [-0.3, -0.25) is 24.0 Å². The lowest BCUT2D eigenvalue weighted by Gasteiger charge is -2.28. The van der Waals surface area contributed by atoms with Gasteiger partial charge >= 0.3 is 12.1 Å². The van der Waals surface area contributed by atoms with Gasteiger partial charge in [0.25, 0.3) is 0 Å². The smallest absolute Gasteiger partial charge is 0.408 e. The third-order valence-electron chi connectivity index (χ3n) is 5.54. The van der Waals surface area contributed by atoms with E-state index in [2.05, 4.69) is 21.3 Å². The van der Waals surface area contributed by atoms with Gasteiger partial charge in [-0.15, -0.1) is 0 Å². The van der Waals surface area contributed by atoms with E-state index in [0.717, 1.165) is 5.56 Å². The van der Waals surface area contributed by atoms with Crippen LogP contribution in [0.2, 0.25) is 0 Å². The number of benzene rings is 1. The average molecular weight is 578 g/mol. The number of nitrogens with one attached hydrogen (secondary N) is 4. The Balaban J connectivity index is 3.07. The summed E-state index contributed by atoms with van der Waals surface area (Å²) in [5, 5.41) is 9.85. The Morgan fingerprint density at radius 1 is 0.805 bits per heavy atom. The number of nitrogens with two attached hydrogens (primary N) is 1. The maximum Gasteiger partial charge on any atom is 0.408 e. The fourth-order valence-electron chi connectivity index (χ4n) is 3.52. The molecule has 1 aromatic carbocycles. The molecule has 0 saturated carbocycles. The predicted molar refractivity (Wildman–Crippen MR) is 150 cm³/mol. The maximum atomic E-state index is 13.3. The Kier molecular flexibility index (Phi) is 13.8. The molecule has 13 nitrogen and oxygen atoms in total. The predicted octanol–water partition coefficient (Wildman–Crippen LogP) is 0.896. The van der Waals surface area contributed by atoms with Crippen LogP contribution in [0.15, 0.2) is 30.3 Å². The van der Waals surface area contributed by atoms with Crippen molar-refractivity contribution in [2.45, 2.75) is 85.2 Å². The van der Waals surface area contributed by atoms with E-state index in [1.807, 2.05) is 6.07 Å². The minimum atomic E-state index is -1.45. The average Bonchev–Trinajstić information content (AvgIpc) is 2.86. The van der Waals surface area contributed by atoms with Crippen molar-refractivity contribution in [1.82, 2.24) is 21.3 Å². The zero-order valence-corrected chi connectivity index (χ0v) is 24.7. The van der Waals surface area contributed by atoms with Crippen LogP contribution in [0.3, 0.4) is 0 Å². The SMILES string of the molecule is CC(C)[C@H](NC(=O)OCc1ccccc1)C(=O)N[C@@H](CC(=O)OC(C)(C)C)C(=O)N[C@H](C(=O)NCC(N)=O)C(C)C.